The zero-order valence-electron chi connectivity index (χ0n) is 9.19. The van der Waals surface area contributed by atoms with Crippen molar-refractivity contribution in [3.05, 3.63) is 46.8 Å². The third-order valence-corrected chi connectivity index (χ3v) is 2.03. The minimum Gasteiger partial charge on any atom is -0.423 e. The molecule has 0 aliphatic carbocycles. The average molecular weight is 204 g/mol. The van der Waals surface area contributed by atoms with E-state index >= 15 is 0 Å². The van der Waals surface area contributed by atoms with Crippen LogP contribution in [0.1, 0.15) is 26.7 Å². The van der Waals surface area contributed by atoms with Gasteiger partial charge in [-0.3, -0.25) is 0 Å². The third kappa shape index (κ3) is 3.58. The summed E-state index contributed by atoms with van der Waals surface area (Å²) in [5.74, 6) is 0. The fourth-order valence-corrected chi connectivity index (χ4v) is 1.01. The van der Waals surface area contributed by atoms with Gasteiger partial charge in [0.2, 0.25) is 0 Å². The summed E-state index contributed by atoms with van der Waals surface area (Å²) in [6.07, 6.45) is 2.64. The van der Waals surface area contributed by atoms with Gasteiger partial charge in [-0.05, 0) is 12.1 Å². The maximum absolute atomic E-state index is 10.7. The van der Waals surface area contributed by atoms with Crippen molar-refractivity contribution in [2.75, 3.05) is 0 Å². The number of rotatable bonds is 1. The number of fused-ring (bicyclic) bond motifs is 1. The van der Waals surface area contributed by atoms with Crippen LogP contribution in [-0.2, 0) is 0 Å². The van der Waals surface area contributed by atoms with Crippen molar-refractivity contribution >= 4 is 11.0 Å². The van der Waals surface area contributed by atoms with E-state index in [2.05, 4.69) is 13.8 Å². The van der Waals surface area contributed by atoms with E-state index in [9.17, 15) is 4.79 Å². The van der Waals surface area contributed by atoms with Crippen LogP contribution in [0, 0.1) is 0 Å². The third-order valence-electron chi connectivity index (χ3n) is 2.03. The van der Waals surface area contributed by atoms with Crippen molar-refractivity contribution in [3.63, 3.8) is 0 Å². The maximum atomic E-state index is 10.7. The molecule has 80 valence electrons. The molecule has 0 aliphatic heterocycles. The van der Waals surface area contributed by atoms with Crippen LogP contribution < -0.4 is 5.63 Å². The van der Waals surface area contributed by atoms with Crippen LogP contribution in [0.2, 0.25) is 0 Å². The van der Waals surface area contributed by atoms with E-state index in [0.717, 1.165) is 5.39 Å². The molecule has 0 amide bonds. The Balaban J connectivity index is 0.000000245. The Labute approximate surface area is 89.5 Å². The van der Waals surface area contributed by atoms with Crippen LogP contribution in [0.4, 0.5) is 0 Å². The highest BCUT2D eigenvalue weighted by Crippen LogP contribution is 2.08. The number of benzene rings is 1. The first-order chi connectivity index (χ1) is 7.27. The summed E-state index contributed by atoms with van der Waals surface area (Å²) >= 11 is 0. The van der Waals surface area contributed by atoms with Crippen molar-refractivity contribution < 1.29 is 4.42 Å². The molecule has 0 N–H and O–H groups in total. The standard InChI is InChI=1S/C9H6O2.C4H10/c10-9-6-5-7-3-1-2-4-8(7)11-9;1-3-4-2/h1-6H;3-4H2,1-2H3. The quantitative estimate of drug-likeness (QED) is 0.664. The number of para-hydroxylation sites is 1. The molecule has 0 spiro atoms. The lowest BCUT2D eigenvalue weighted by Gasteiger charge is -1.91. The second kappa shape index (κ2) is 6.02. The van der Waals surface area contributed by atoms with Gasteiger partial charge in [-0.2, -0.15) is 0 Å². The molecule has 0 fully saturated rings. The van der Waals surface area contributed by atoms with Gasteiger partial charge >= 0.3 is 5.63 Å². The fourth-order valence-electron chi connectivity index (χ4n) is 1.01. The molecule has 15 heavy (non-hydrogen) atoms. The highest BCUT2D eigenvalue weighted by Gasteiger charge is 1.92. The van der Waals surface area contributed by atoms with E-state index in [4.69, 9.17) is 4.42 Å². The van der Waals surface area contributed by atoms with Crippen molar-refractivity contribution in [2.24, 2.45) is 0 Å². The van der Waals surface area contributed by atoms with Crippen LogP contribution in [-0.4, -0.2) is 0 Å². The summed E-state index contributed by atoms with van der Waals surface area (Å²) in [4.78, 5) is 10.7. The summed E-state index contributed by atoms with van der Waals surface area (Å²) in [6, 6.07) is 10.6. The van der Waals surface area contributed by atoms with Gasteiger partial charge in [0.1, 0.15) is 5.58 Å². The zero-order valence-corrected chi connectivity index (χ0v) is 9.19. The van der Waals surface area contributed by atoms with E-state index in [-0.39, 0.29) is 5.63 Å². The van der Waals surface area contributed by atoms with Crippen LogP contribution in [0.15, 0.2) is 45.6 Å². The van der Waals surface area contributed by atoms with Gasteiger partial charge in [0.15, 0.2) is 0 Å². The SMILES string of the molecule is CCCC.O=c1ccc2ccccc2o1. The lowest BCUT2D eigenvalue weighted by Crippen LogP contribution is -1.93. The monoisotopic (exact) mass is 204 g/mol. The molecule has 0 bridgehead atoms. The lowest BCUT2D eigenvalue weighted by atomic mass is 10.2. The first-order valence-corrected chi connectivity index (χ1v) is 5.26. The predicted octanol–water partition coefficient (Wildman–Crippen LogP) is 3.60. The molecular weight excluding hydrogens is 188 g/mol. The van der Waals surface area contributed by atoms with Gasteiger partial charge in [-0.15, -0.1) is 0 Å². The molecule has 2 rings (SSSR count). The highest BCUT2D eigenvalue weighted by atomic mass is 16.4. The van der Waals surface area contributed by atoms with Crippen molar-refractivity contribution in [2.45, 2.75) is 26.7 Å². The number of hydrogen-bond donors (Lipinski definition) is 0. The molecule has 0 saturated carbocycles. The first kappa shape index (κ1) is 11.5. The maximum Gasteiger partial charge on any atom is 0.336 e. The Bertz CT molecular complexity index is 455. The van der Waals surface area contributed by atoms with Crippen LogP contribution in [0.5, 0.6) is 0 Å². The molecule has 2 heteroatoms. The molecule has 2 nitrogen and oxygen atoms in total. The Morgan fingerprint density at radius 1 is 1.00 bits per heavy atom. The van der Waals surface area contributed by atoms with Crippen LogP contribution >= 0.6 is 0 Å². The summed E-state index contributed by atoms with van der Waals surface area (Å²) in [5, 5.41) is 0.951. The number of unbranched alkanes of at least 4 members (excludes halogenated alkanes) is 1. The van der Waals surface area contributed by atoms with E-state index in [1.807, 2.05) is 18.2 Å². The largest absolute Gasteiger partial charge is 0.423 e. The highest BCUT2D eigenvalue weighted by molar-refractivity contribution is 5.75. The Kier molecular flexibility index (Phi) is 4.61. The number of hydrogen-bond acceptors (Lipinski definition) is 2. The minimum atomic E-state index is -0.302. The van der Waals surface area contributed by atoms with Crippen LogP contribution in [0.25, 0.3) is 11.0 Å². The molecular formula is C13H16O2. The first-order valence-electron chi connectivity index (χ1n) is 5.26. The van der Waals surface area contributed by atoms with Gasteiger partial charge in [0.05, 0.1) is 0 Å². The van der Waals surface area contributed by atoms with E-state index in [1.54, 1.807) is 12.1 Å². The van der Waals surface area contributed by atoms with Gasteiger partial charge in [-0.25, -0.2) is 4.79 Å². The fraction of sp³-hybridized carbons (Fsp3) is 0.308. The Morgan fingerprint density at radius 3 is 2.33 bits per heavy atom. The molecule has 0 unspecified atom stereocenters. The smallest absolute Gasteiger partial charge is 0.336 e. The summed E-state index contributed by atoms with van der Waals surface area (Å²) < 4.78 is 4.91. The van der Waals surface area contributed by atoms with Gasteiger partial charge in [-0.1, -0.05) is 44.9 Å². The van der Waals surface area contributed by atoms with Gasteiger partial charge in [0.25, 0.3) is 0 Å². The van der Waals surface area contributed by atoms with Crippen LogP contribution in [0.3, 0.4) is 0 Å². The second-order valence-electron chi connectivity index (χ2n) is 3.29. The Hall–Kier alpha value is -1.57. The van der Waals surface area contributed by atoms with E-state index < -0.39 is 0 Å². The molecule has 1 aromatic heterocycles. The molecule has 1 aromatic carbocycles. The molecule has 0 atom stereocenters. The molecule has 0 radical (unpaired) electrons. The Morgan fingerprint density at radius 2 is 1.67 bits per heavy atom. The second-order valence-corrected chi connectivity index (χ2v) is 3.29. The molecule has 2 aromatic rings. The lowest BCUT2D eigenvalue weighted by molar-refractivity contribution is 0.561. The topological polar surface area (TPSA) is 30.2 Å². The summed E-state index contributed by atoms with van der Waals surface area (Å²) in [7, 11) is 0. The zero-order chi connectivity index (χ0) is 11.1. The summed E-state index contributed by atoms with van der Waals surface area (Å²) in [6.45, 7) is 4.36. The average Bonchev–Trinajstić information content (AvgIpc) is 2.29. The van der Waals surface area contributed by atoms with Gasteiger partial charge < -0.3 is 4.42 Å². The van der Waals surface area contributed by atoms with Crippen molar-refractivity contribution in [3.8, 4) is 0 Å². The minimum absolute atomic E-state index is 0.302. The normalized spacial score (nSPS) is 9.47. The molecule has 1 heterocycles. The van der Waals surface area contributed by atoms with E-state index in [1.165, 1.54) is 18.9 Å². The molecule has 0 aliphatic rings. The van der Waals surface area contributed by atoms with Crippen molar-refractivity contribution in [1.82, 2.24) is 0 Å². The van der Waals surface area contributed by atoms with Gasteiger partial charge in [0, 0.05) is 11.5 Å². The van der Waals surface area contributed by atoms with Crippen molar-refractivity contribution in [1.29, 1.82) is 0 Å². The molecule has 0 saturated heterocycles. The van der Waals surface area contributed by atoms with E-state index in [0.29, 0.717) is 5.58 Å². The summed E-state index contributed by atoms with van der Waals surface area (Å²) in [5.41, 5.74) is 0.337. The predicted molar refractivity (Wildman–Crippen MR) is 63.1 cm³/mol.